The van der Waals surface area contributed by atoms with Gasteiger partial charge >= 0.3 is 0 Å². The van der Waals surface area contributed by atoms with Crippen molar-refractivity contribution in [3.63, 3.8) is 0 Å². The Morgan fingerprint density at radius 3 is 2.60 bits per heavy atom. The van der Waals surface area contributed by atoms with Crippen LogP contribution in [0, 0.1) is 13.8 Å². The lowest BCUT2D eigenvalue weighted by Gasteiger charge is -2.03. The summed E-state index contributed by atoms with van der Waals surface area (Å²) in [7, 11) is 0. The predicted molar refractivity (Wildman–Crippen MR) is 45.8 cm³/mol. The number of nitrogens with zero attached hydrogens (tertiary/aromatic N) is 1. The number of hydrogen-bond donors (Lipinski definition) is 1. The van der Waals surface area contributed by atoms with Crippen LogP contribution < -0.4 is 5.73 Å². The molecule has 0 spiro atoms. The van der Waals surface area contributed by atoms with Crippen molar-refractivity contribution < 1.29 is 0 Å². The number of nitrogen functional groups attached to an aromatic ring is 1. The zero-order valence-corrected chi connectivity index (χ0v) is 7.57. The number of rotatable bonds is 0. The lowest BCUT2D eigenvalue weighted by Crippen LogP contribution is -1.95. The molecule has 1 rings (SSSR count). The summed E-state index contributed by atoms with van der Waals surface area (Å²) in [5.74, 6) is 0. The molecule has 0 fully saturated rings. The van der Waals surface area contributed by atoms with Gasteiger partial charge in [-0.2, -0.15) is 0 Å². The zero-order chi connectivity index (χ0) is 7.72. The van der Waals surface area contributed by atoms with Crippen LogP contribution in [-0.2, 0) is 0 Å². The standard InChI is InChI=1S/C7H9BrN2/c1-4-3-10-7(8)5(2)6(4)9/h3H,1-2H3,(H2,9,10). The van der Waals surface area contributed by atoms with Gasteiger partial charge in [-0.15, -0.1) is 0 Å². The molecule has 1 aromatic heterocycles. The highest BCUT2D eigenvalue weighted by molar-refractivity contribution is 9.10. The number of nitrogens with two attached hydrogens (primary N) is 1. The molecule has 0 aliphatic rings. The third kappa shape index (κ3) is 1.14. The summed E-state index contributed by atoms with van der Waals surface area (Å²) < 4.78 is 0.829. The zero-order valence-electron chi connectivity index (χ0n) is 5.98. The molecule has 0 aromatic carbocycles. The maximum atomic E-state index is 5.71. The van der Waals surface area contributed by atoms with Crippen molar-refractivity contribution in [3.8, 4) is 0 Å². The van der Waals surface area contributed by atoms with Crippen LogP contribution in [0.5, 0.6) is 0 Å². The van der Waals surface area contributed by atoms with Gasteiger partial charge in [-0.1, -0.05) is 0 Å². The minimum Gasteiger partial charge on any atom is -0.398 e. The summed E-state index contributed by atoms with van der Waals surface area (Å²) in [6.07, 6.45) is 1.76. The molecule has 0 aliphatic carbocycles. The van der Waals surface area contributed by atoms with Gasteiger partial charge in [0.05, 0.1) is 0 Å². The smallest absolute Gasteiger partial charge is 0.111 e. The Kier molecular flexibility index (Phi) is 1.94. The lowest BCUT2D eigenvalue weighted by atomic mass is 10.2. The monoisotopic (exact) mass is 200 g/mol. The Morgan fingerprint density at radius 2 is 2.10 bits per heavy atom. The van der Waals surface area contributed by atoms with Gasteiger partial charge in [-0.05, 0) is 35.3 Å². The summed E-state index contributed by atoms with van der Waals surface area (Å²) >= 11 is 3.29. The highest BCUT2D eigenvalue weighted by atomic mass is 79.9. The summed E-state index contributed by atoms with van der Waals surface area (Å²) in [5.41, 5.74) is 8.58. The third-order valence-corrected chi connectivity index (χ3v) is 2.31. The number of halogens is 1. The number of aryl methyl sites for hydroxylation is 1. The molecule has 3 heteroatoms. The van der Waals surface area contributed by atoms with Gasteiger partial charge in [-0.25, -0.2) is 4.98 Å². The second-order valence-electron chi connectivity index (χ2n) is 2.27. The Labute approximate surface area is 68.6 Å². The van der Waals surface area contributed by atoms with Crippen molar-refractivity contribution in [1.82, 2.24) is 4.98 Å². The Morgan fingerprint density at radius 1 is 1.50 bits per heavy atom. The Balaban J connectivity index is 3.34. The largest absolute Gasteiger partial charge is 0.398 e. The van der Waals surface area contributed by atoms with Gasteiger partial charge in [0, 0.05) is 17.4 Å². The maximum absolute atomic E-state index is 5.71. The van der Waals surface area contributed by atoms with Crippen LogP contribution in [0.25, 0.3) is 0 Å². The van der Waals surface area contributed by atoms with Crippen LogP contribution in [-0.4, -0.2) is 4.98 Å². The van der Waals surface area contributed by atoms with E-state index in [1.54, 1.807) is 6.20 Å². The van der Waals surface area contributed by atoms with Crippen LogP contribution in [0.1, 0.15) is 11.1 Å². The first-order valence-corrected chi connectivity index (χ1v) is 3.79. The topological polar surface area (TPSA) is 38.9 Å². The first-order valence-electron chi connectivity index (χ1n) is 3.00. The van der Waals surface area contributed by atoms with E-state index in [2.05, 4.69) is 20.9 Å². The highest BCUT2D eigenvalue weighted by Gasteiger charge is 2.01. The molecule has 0 radical (unpaired) electrons. The Hall–Kier alpha value is -0.570. The van der Waals surface area contributed by atoms with E-state index >= 15 is 0 Å². The van der Waals surface area contributed by atoms with Gasteiger partial charge in [0.1, 0.15) is 4.60 Å². The summed E-state index contributed by atoms with van der Waals surface area (Å²) in [6, 6.07) is 0. The van der Waals surface area contributed by atoms with Gasteiger partial charge < -0.3 is 5.73 Å². The average molecular weight is 201 g/mol. The second kappa shape index (κ2) is 2.58. The molecule has 2 nitrogen and oxygen atoms in total. The number of hydrogen-bond acceptors (Lipinski definition) is 2. The number of aromatic nitrogens is 1. The van der Waals surface area contributed by atoms with Gasteiger partial charge in [-0.3, -0.25) is 0 Å². The van der Waals surface area contributed by atoms with Crippen LogP contribution in [0.3, 0.4) is 0 Å². The fraction of sp³-hybridized carbons (Fsp3) is 0.286. The molecule has 10 heavy (non-hydrogen) atoms. The maximum Gasteiger partial charge on any atom is 0.111 e. The molecule has 0 unspecified atom stereocenters. The molecule has 0 amide bonds. The quantitative estimate of drug-likeness (QED) is 0.652. The van der Waals surface area contributed by atoms with E-state index < -0.39 is 0 Å². The Bertz CT molecular complexity index is 231. The van der Waals surface area contributed by atoms with E-state index in [-0.39, 0.29) is 0 Å². The first kappa shape index (κ1) is 7.54. The molecule has 0 bridgehead atoms. The molecule has 54 valence electrons. The summed E-state index contributed by atoms with van der Waals surface area (Å²) in [4.78, 5) is 4.08. The fourth-order valence-electron chi connectivity index (χ4n) is 0.727. The van der Waals surface area contributed by atoms with Crippen molar-refractivity contribution in [3.05, 3.63) is 21.9 Å². The molecule has 0 saturated heterocycles. The van der Waals surface area contributed by atoms with E-state index in [9.17, 15) is 0 Å². The van der Waals surface area contributed by atoms with E-state index in [0.717, 1.165) is 21.4 Å². The van der Waals surface area contributed by atoms with E-state index in [0.29, 0.717) is 0 Å². The molecular weight excluding hydrogens is 192 g/mol. The van der Waals surface area contributed by atoms with Crippen molar-refractivity contribution >= 4 is 21.6 Å². The SMILES string of the molecule is Cc1cnc(Br)c(C)c1N. The van der Waals surface area contributed by atoms with Gasteiger partial charge in [0.15, 0.2) is 0 Å². The molecule has 0 saturated carbocycles. The molecule has 2 N–H and O–H groups in total. The van der Waals surface area contributed by atoms with Crippen LogP contribution in [0.15, 0.2) is 10.8 Å². The normalized spacial score (nSPS) is 9.90. The minimum absolute atomic E-state index is 0.821. The van der Waals surface area contributed by atoms with Crippen LogP contribution >= 0.6 is 15.9 Å². The van der Waals surface area contributed by atoms with Gasteiger partial charge in [0.25, 0.3) is 0 Å². The molecule has 0 aliphatic heterocycles. The molecule has 1 aromatic rings. The van der Waals surface area contributed by atoms with E-state index in [4.69, 9.17) is 5.73 Å². The van der Waals surface area contributed by atoms with Crippen molar-refractivity contribution in [2.24, 2.45) is 0 Å². The molecule has 1 heterocycles. The summed E-state index contributed by atoms with van der Waals surface area (Å²) in [6.45, 7) is 3.89. The number of pyridine rings is 1. The third-order valence-electron chi connectivity index (χ3n) is 1.51. The lowest BCUT2D eigenvalue weighted by molar-refractivity contribution is 1.18. The first-order chi connectivity index (χ1) is 4.63. The fourth-order valence-corrected chi connectivity index (χ4v) is 1.04. The van der Waals surface area contributed by atoms with Crippen LogP contribution in [0.2, 0.25) is 0 Å². The van der Waals surface area contributed by atoms with E-state index in [1.807, 2.05) is 13.8 Å². The van der Waals surface area contributed by atoms with Crippen molar-refractivity contribution in [1.29, 1.82) is 0 Å². The van der Waals surface area contributed by atoms with Crippen molar-refractivity contribution in [2.75, 3.05) is 5.73 Å². The summed E-state index contributed by atoms with van der Waals surface area (Å²) in [5, 5.41) is 0. The second-order valence-corrected chi connectivity index (χ2v) is 3.02. The minimum atomic E-state index is 0.821. The van der Waals surface area contributed by atoms with Crippen LogP contribution in [0.4, 0.5) is 5.69 Å². The molecule has 0 atom stereocenters. The number of anilines is 1. The van der Waals surface area contributed by atoms with E-state index in [1.165, 1.54) is 0 Å². The average Bonchev–Trinajstić information content (AvgIpc) is 1.93. The highest BCUT2D eigenvalue weighted by Crippen LogP contribution is 2.21. The predicted octanol–water partition coefficient (Wildman–Crippen LogP) is 2.04. The van der Waals surface area contributed by atoms with Crippen molar-refractivity contribution in [2.45, 2.75) is 13.8 Å². The van der Waals surface area contributed by atoms with Gasteiger partial charge in [0.2, 0.25) is 0 Å². The molecular formula is C7H9BrN2.